The summed E-state index contributed by atoms with van der Waals surface area (Å²) in [6.45, 7) is 2.05. The Kier molecular flexibility index (Phi) is 3.66. The van der Waals surface area contributed by atoms with Gasteiger partial charge < -0.3 is 9.88 Å². The van der Waals surface area contributed by atoms with Crippen LogP contribution in [0.5, 0.6) is 0 Å². The molecule has 2 aromatic rings. The third-order valence-corrected chi connectivity index (χ3v) is 3.95. The average molecular weight is 324 g/mol. The van der Waals surface area contributed by atoms with Crippen molar-refractivity contribution in [1.29, 1.82) is 0 Å². The molecule has 0 radical (unpaired) electrons. The molecular formula is C14H15BrFN3. The van der Waals surface area contributed by atoms with Gasteiger partial charge in [-0.1, -0.05) is 15.9 Å². The van der Waals surface area contributed by atoms with Crippen LogP contribution in [0.15, 0.2) is 35.1 Å². The van der Waals surface area contributed by atoms with E-state index in [-0.39, 0.29) is 5.82 Å². The van der Waals surface area contributed by atoms with Crippen LogP contribution in [-0.2, 0) is 0 Å². The van der Waals surface area contributed by atoms with Crippen LogP contribution in [0.2, 0.25) is 0 Å². The largest absolute Gasteiger partial charge is 0.328 e. The van der Waals surface area contributed by atoms with Crippen LogP contribution >= 0.6 is 15.9 Å². The molecule has 100 valence electrons. The Morgan fingerprint density at radius 1 is 1.26 bits per heavy atom. The first-order chi connectivity index (χ1) is 9.24. The lowest BCUT2D eigenvalue weighted by atomic mass is 10.1. The van der Waals surface area contributed by atoms with E-state index in [2.05, 4.69) is 30.8 Å². The van der Waals surface area contributed by atoms with Crippen LogP contribution in [0.3, 0.4) is 0 Å². The van der Waals surface area contributed by atoms with Crippen LogP contribution < -0.4 is 5.32 Å². The highest BCUT2D eigenvalue weighted by Crippen LogP contribution is 2.28. The van der Waals surface area contributed by atoms with E-state index in [1.165, 1.54) is 12.1 Å². The first-order valence-corrected chi connectivity index (χ1v) is 7.23. The summed E-state index contributed by atoms with van der Waals surface area (Å²) in [7, 11) is 0. The quantitative estimate of drug-likeness (QED) is 0.918. The number of hydrogen-bond acceptors (Lipinski definition) is 2. The number of rotatable bonds is 2. The highest BCUT2D eigenvalue weighted by atomic mass is 79.9. The fraction of sp³-hybridized carbons (Fsp3) is 0.357. The number of hydrogen-bond donors (Lipinski definition) is 1. The van der Waals surface area contributed by atoms with Gasteiger partial charge in [0, 0.05) is 28.5 Å². The maximum absolute atomic E-state index is 13.5. The summed E-state index contributed by atoms with van der Waals surface area (Å²) in [5.74, 6) is 0.594. The minimum absolute atomic E-state index is 0.246. The molecule has 0 atom stereocenters. The van der Waals surface area contributed by atoms with Crippen molar-refractivity contribution >= 4 is 15.9 Å². The molecule has 3 rings (SSSR count). The van der Waals surface area contributed by atoms with Crippen LogP contribution in [0, 0.1) is 5.82 Å². The fourth-order valence-electron chi connectivity index (χ4n) is 2.60. The van der Waals surface area contributed by atoms with Gasteiger partial charge in [0.2, 0.25) is 0 Å². The Hall–Kier alpha value is -1.20. The van der Waals surface area contributed by atoms with E-state index in [4.69, 9.17) is 0 Å². The van der Waals surface area contributed by atoms with E-state index in [1.54, 1.807) is 6.20 Å². The van der Waals surface area contributed by atoms with Crippen molar-refractivity contribution in [2.45, 2.75) is 18.9 Å². The summed E-state index contributed by atoms with van der Waals surface area (Å²) in [6.07, 6.45) is 5.94. The van der Waals surface area contributed by atoms with Gasteiger partial charge in [-0.3, -0.25) is 0 Å². The molecule has 0 amide bonds. The Morgan fingerprint density at radius 2 is 2.05 bits per heavy atom. The average Bonchev–Trinajstić information content (AvgIpc) is 2.88. The number of halogens is 2. The van der Waals surface area contributed by atoms with Gasteiger partial charge in [0.25, 0.3) is 0 Å². The molecule has 1 fully saturated rings. The van der Waals surface area contributed by atoms with Crippen LogP contribution in [0.25, 0.3) is 11.4 Å². The summed E-state index contributed by atoms with van der Waals surface area (Å²) >= 11 is 3.33. The van der Waals surface area contributed by atoms with Gasteiger partial charge in [0.1, 0.15) is 11.6 Å². The van der Waals surface area contributed by atoms with E-state index >= 15 is 0 Å². The Labute approximate surface area is 120 Å². The summed E-state index contributed by atoms with van der Waals surface area (Å²) < 4.78 is 16.4. The van der Waals surface area contributed by atoms with Gasteiger partial charge in [-0.2, -0.15) is 0 Å². The third kappa shape index (κ3) is 2.72. The normalized spacial score (nSPS) is 16.7. The van der Waals surface area contributed by atoms with E-state index < -0.39 is 0 Å². The van der Waals surface area contributed by atoms with Crippen LogP contribution in [0.4, 0.5) is 4.39 Å². The second-order valence-electron chi connectivity index (χ2n) is 4.80. The lowest BCUT2D eigenvalue weighted by Gasteiger charge is -2.25. The number of benzene rings is 1. The standard InChI is InChI=1S/C14H15BrFN3/c15-11-7-10(8-12(16)9-11)14-18-5-6-19(14)13-1-3-17-4-2-13/h5-9,13,17H,1-4H2. The van der Waals surface area contributed by atoms with Crippen molar-refractivity contribution in [1.82, 2.24) is 14.9 Å². The van der Waals surface area contributed by atoms with E-state index in [0.29, 0.717) is 6.04 Å². The summed E-state index contributed by atoms with van der Waals surface area (Å²) in [5.41, 5.74) is 0.815. The lowest BCUT2D eigenvalue weighted by molar-refractivity contribution is 0.370. The molecule has 0 unspecified atom stereocenters. The lowest BCUT2D eigenvalue weighted by Crippen LogP contribution is -2.29. The zero-order valence-electron chi connectivity index (χ0n) is 10.4. The summed E-state index contributed by atoms with van der Waals surface area (Å²) in [5, 5.41) is 3.35. The highest BCUT2D eigenvalue weighted by Gasteiger charge is 2.18. The second-order valence-corrected chi connectivity index (χ2v) is 5.71. The maximum atomic E-state index is 13.5. The SMILES string of the molecule is Fc1cc(Br)cc(-c2nccn2C2CCNCC2)c1. The summed E-state index contributed by atoms with van der Waals surface area (Å²) in [6, 6.07) is 5.34. The van der Waals surface area contributed by atoms with E-state index in [9.17, 15) is 4.39 Å². The maximum Gasteiger partial charge on any atom is 0.140 e. The van der Waals surface area contributed by atoms with E-state index in [1.807, 2.05) is 12.3 Å². The smallest absolute Gasteiger partial charge is 0.140 e. The predicted molar refractivity (Wildman–Crippen MR) is 76.5 cm³/mol. The van der Waals surface area contributed by atoms with Crippen molar-refractivity contribution in [2.24, 2.45) is 0 Å². The molecule has 5 heteroatoms. The molecule has 0 saturated carbocycles. The number of nitrogens with zero attached hydrogens (tertiary/aromatic N) is 2. The molecule has 1 aromatic heterocycles. The Balaban J connectivity index is 1.98. The molecule has 1 aliphatic heterocycles. The molecule has 0 spiro atoms. The van der Waals surface area contributed by atoms with Crippen LogP contribution in [-0.4, -0.2) is 22.6 Å². The van der Waals surface area contributed by atoms with Gasteiger partial charge in [-0.05, 0) is 44.1 Å². The minimum Gasteiger partial charge on any atom is -0.328 e. The van der Waals surface area contributed by atoms with Crippen molar-refractivity contribution in [3.8, 4) is 11.4 Å². The first kappa shape index (κ1) is 12.8. The van der Waals surface area contributed by atoms with E-state index in [0.717, 1.165) is 41.8 Å². The number of nitrogens with one attached hydrogen (secondary N) is 1. The molecule has 1 saturated heterocycles. The molecule has 1 N–H and O–H groups in total. The molecule has 1 aromatic carbocycles. The van der Waals surface area contributed by atoms with Crippen molar-refractivity contribution in [3.05, 3.63) is 40.9 Å². The van der Waals surface area contributed by atoms with Gasteiger partial charge in [-0.15, -0.1) is 0 Å². The minimum atomic E-state index is -0.246. The van der Waals surface area contributed by atoms with Crippen molar-refractivity contribution in [3.63, 3.8) is 0 Å². The molecule has 1 aliphatic rings. The molecule has 0 aliphatic carbocycles. The molecular weight excluding hydrogens is 309 g/mol. The fourth-order valence-corrected chi connectivity index (χ4v) is 3.06. The number of piperidine rings is 1. The second kappa shape index (κ2) is 5.43. The van der Waals surface area contributed by atoms with Gasteiger partial charge >= 0.3 is 0 Å². The first-order valence-electron chi connectivity index (χ1n) is 6.44. The zero-order valence-corrected chi connectivity index (χ0v) is 12.0. The number of aromatic nitrogens is 2. The monoisotopic (exact) mass is 323 g/mol. The Morgan fingerprint density at radius 3 is 2.79 bits per heavy atom. The van der Waals surface area contributed by atoms with Gasteiger partial charge in [-0.25, -0.2) is 9.37 Å². The van der Waals surface area contributed by atoms with Gasteiger partial charge in [0.15, 0.2) is 0 Å². The van der Waals surface area contributed by atoms with Gasteiger partial charge in [0.05, 0.1) is 0 Å². The summed E-state index contributed by atoms with van der Waals surface area (Å²) in [4.78, 5) is 4.40. The molecule has 3 nitrogen and oxygen atoms in total. The molecule has 2 heterocycles. The molecule has 0 bridgehead atoms. The van der Waals surface area contributed by atoms with Crippen LogP contribution in [0.1, 0.15) is 18.9 Å². The number of imidazole rings is 1. The van der Waals surface area contributed by atoms with Crippen molar-refractivity contribution in [2.75, 3.05) is 13.1 Å². The van der Waals surface area contributed by atoms with Crippen molar-refractivity contribution < 1.29 is 4.39 Å². The third-order valence-electron chi connectivity index (χ3n) is 3.49. The molecule has 19 heavy (non-hydrogen) atoms. The predicted octanol–water partition coefficient (Wildman–Crippen LogP) is 3.38. The Bertz CT molecular complexity index is 556. The highest BCUT2D eigenvalue weighted by molar-refractivity contribution is 9.10. The topological polar surface area (TPSA) is 29.9 Å². The zero-order chi connectivity index (χ0) is 13.2.